The molecule has 0 spiro atoms. The number of rotatable bonds is 1. The van der Waals surface area contributed by atoms with Gasteiger partial charge in [0.05, 0.1) is 0 Å². The first-order valence-corrected chi connectivity index (χ1v) is 10.2. The van der Waals surface area contributed by atoms with Crippen molar-refractivity contribution in [1.82, 2.24) is 0 Å². The van der Waals surface area contributed by atoms with E-state index in [1.807, 2.05) is 0 Å². The van der Waals surface area contributed by atoms with Crippen LogP contribution in [0.25, 0.3) is 0 Å². The quantitative estimate of drug-likeness (QED) is 0.735. The number of carbonyl (C=O) groups excluding carboxylic acids is 2. The zero-order chi connectivity index (χ0) is 18.0. The number of ketones is 1. The summed E-state index contributed by atoms with van der Waals surface area (Å²) in [6.45, 7) is 6.00. The van der Waals surface area contributed by atoms with Crippen LogP contribution < -0.4 is 0 Å². The smallest absolute Gasteiger partial charge is 0.302 e. The third-order valence-corrected chi connectivity index (χ3v) is 8.82. The molecule has 0 bridgehead atoms. The highest BCUT2D eigenvalue weighted by Crippen LogP contribution is 2.67. The van der Waals surface area contributed by atoms with E-state index in [1.165, 1.54) is 6.92 Å². The Bertz CT molecular complexity index is 601. The van der Waals surface area contributed by atoms with Crippen LogP contribution in [-0.4, -0.2) is 28.6 Å². The van der Waals surface area contributed by atoms with Crippen molar-refractivity contribution in [2.24, 2.45) is 28.6 Å². The van der Waals surface area contributed by atoms with E-state index in [1.54, 1.807) is 0 Å². The average Bonchev–Trinajstić information content (AvgIpc) is 2.86. The van der Waals surface area contributed by atoms with Gasteiger partial charge in [-0.05, 0) is 69.1 Å². The number of ether oxygens (including phenoxy) is 1. The van der Waals surface area contributed by atoms with Crippen molar-refractivity contribution in [3.63, 3.8) is 0 Å². The lowest BCUT2D eigenvalue weighted by Crippen LogP contribution is -2.65. The molecule has 0 heterocycles. The minimum atomic E-state index is -1.10. The zero-order valence-electron chi connectivity index (χ0n) is 15.8. The highest BCUT2D eigenvalue weighted by molar-refractivity contribution is 5.89. The molecule has 4 heteroatoms. The van der Waals surface area contributed by atoms with Crippen molar-refractivity contribution in [3.05, 3.63) is 0 Å². The molecule has 25 heavy (non-hydrogen) atoms. The van der Waals surface area contributed by atoms with Gasteiger partial charge in [-0.15, -0.1) is 0 Å². The SMILES string of the molecule is CC(=O)O[C@H]1CC[C@H]2[C@@H]3CC[C@@]4(O)C(=O)CCC[C@]4(C)[C@H]3CC[C@]12C. The van der Waals surface area contributed by atoms with Gasteiger partial charge < -0.3 is 9.84 Å². The van der Waals surface area contributed by atoms with E-state index in [2.05, 4.69) is 13.8 Å². The first kappa shape index (κ1) is 17.5. The summed E-state index contributed by atoms with van der Waals surface area (Å²) >= 11 is 0. The van der Waals surface area contributed by atoms with Gasteiger partial charge in [-0.25, -0.2) is 0 Å². The Morgan fingerprint density at radius 1 is 1.08 bits per heavy atom. The predicted octanol–water partition coefficient (Wildman–Crippen LogP) is 3.64. The molecular weight excluding hydrogens is 316 g/mol. The summed E-state index contributed by atoms with van der Waals surface area (Å²) in [5.41, 5.74) is -1.31. The number of fused-ring (bicyclic) bond motifs is 5. The minimum absolute atomic E-state index is 0.0394. The van der Waals surface area contributed by atoms with Gasteiger partial charge in [-0.3, -0.25) is 9.59 Å². The zero-order valence-corrected chi connectivity index (χ0v) is 15.8. The summed E-state index contributed by atoms with van der Waals surface area (Å²) in [5, 5.41) is 11.3. The maximum Gasteiger partial charge on any atom is 0.302 e. The first-order chi connectivity index (χ1) is 11.7. The third-order valence-electron chi connectivity index (χ3n) is 8.82. The molecule has 4 aliphatic rings. The van der Waals surface area contributed by atoms with Crippen LogP contribution in [0.1, 0.15) is 78.6 Å². The van der Waals surface area contributed by atoms with Gasteiger partial charge in [0.15, 0.2) is 5.78 Å². The average molecular weight is 348 g/mol. The lowest BCUT2D eigenvalue weighted by atomic mass is 9.43. The maximum absolute atomic E-state index is 12.6. The monoisotopic (exact) mass is 348 g/mol. The van der Waals surface area contributed by atoms with Crippen molar-refractivity contribution in [3.8, 4) is 0 Å². The van der Waals surface area contributed by atoms with Crippen LogP contribution in [0.2, 0.25) is 0 Å². The Morgan fingerprint density at radius 2 is 1.84 bits per heavy atom. The third kappa shape index (κ3) is 2.22. The maximum atomic E-state index is 12.6. The summed E-state index contributed by atoms with van der Waals surface area (Å²) in [6, 6.07) is 0. The highest BCUT2D eigenvalue weighted by Gasteiger charge is 2.66. The van der Waals surface area contributed by atoms with Crippen molar-refractivity contribution < 1.29 is 19.4 Å². The van der Waals surface area contributed by atoms with Gasteiger partial charge in [0, 0.05) is 24.2 Å². The second kappa shape index (κ2) is 5.55. The topological polar surface area (TPSA) is 63.6 Å². The van der Waals surface area contributed by atoms with Crippen molar-refractivity contribution in [2.45, 2.75) is 90.3 Å². The fraction of sp³-hybridized carbons (Fsp3) is 0.905. The fourth-order valence-electron chi connectivity index (χ4n) is 7.47. The lowest BCUT2D eigenvalue weighted by Gasteiger charge is -2.62. The van der Waals surface area contributed by atoms with Crippen LogP contribution in [0.5, 0.6) is 0 Å². The number of aliphatic hydroxyl groups is 1. The lowest BCUT2D eigenvalue weighted by molar-refractivity contribution is -0.206. The van der Waals surface area contributed by atoms with E-state index in [0.29, 0.717) is 30.6 Å². The van der Waals surface area contributed by atoms with Gasteiger partial charge in [0.2, 0.25) is 0 Å². The number of Topliss-reactive ketones (excluding diaryl/α,β-unsaturated/α-hetero) is 1. The van der Waals surface area contributed by atoms with Crippen molar-refractivity contribution in [1.29, 1.82) is 0 Å². The molecule has 7 atom stereocenters. The molecule has 4 nitrogen and oxygen atoms in total. The molecule has 0 aromatic rings. The Balaban J connectivity index is 1.64. The van der Waals surface area contributed by atoms with E-state index >= 15 is 0 Å². The molecule has 0 saturated heterocycles. The molecule has 0 aliphatic heterocycles. The number of hydrogen-bond donors (Lipinski definition) is 1. The molecule has 0 aromatic carbocycles. The largest absolute Gasteiger partial charge is 0.462 e. The van der Waals surface area contributed by atoms with Crippen LogP contribution in [-0.2, 0) is 14.3 Å². The van der Waals surface area contributed by atoms with Gasteiger partial charge in [-0.2, -0.15) is 0 Å². The summed E-state index contributed by atoms with van der Waals surface area (Å²) in [7, 11) is 0. The molecule has 0 aromatic heterocycles. The number of hydrogen-bond acceptors (Lipinski definition) is 4. The fourth-order valence-corrected chi connectivity index (χ4v) is 7.47. The molecule has 4 saturated carbocycles. The molecule has 0 radical (unpaired) electrons. The van der Waals surface area contributed by atoms with Crippen LogP contribution in [0.4, 0.5) is 0 Å². The minimum Gasteiger partial charge on any atom is -0.462 e. The Morgan fingerprint density at radius 3 is 2.56 bits per heavy atom. The Labute approximate surface area is 150 Å². The number of esters is 1. The van der Waals surface area contributed by atoms with Gasteiger partial charge >= 0.3 is 5.97 Å². The van der Waals surface area contributed by atoms with Crippen molar-refractivity contribution in [2.75, 3.05) is 0 Å². The van der Waals surface area contributed by atoms with Gasteiger partial charge in [0.1, 0.15) is 11.7 Å². The second-order valence-electron chi connectivity index (χ2n) is 9.69. The summed E-state index contributed by atoms with van der Waals surface area (Å²) < 4.78 is 5.69. The van der Waals surface area contributed by atoms with E-state index < -0.39 is 5.60 Å². The van der Waals surface area contributed by atoms with E-state index in [4.69, 9.17) is 4.74 Å². The Kier molecular flexibility index (Phi) is 3.89. The molecule has 0 amide bonds. The van der Waals surface area contributed by atoms with Crippen molar-refractivity contribution >= 4 is 11.8 Å². The standard InChI is InChI=1S/C21H32O4/c1-13(22)25-18-7-6-15-14-8-12-21(24)17(23)5-4-10-20(21,3)16(14)9-11-19(15,18)2/h14-16,18,24H,4-12H2,1-3H3/t14-,15-,16-,18-,19-,20+,21+/m0/s1. The normalized spacial score (nSPS) is 52.1. The first-order valence-electron chi connectivity index (χ1n) is 10.2. The molecule has 4 fully saturated rings. The molecular formula is C21H32O4. The molecule has 140 valence electrons. The summed E-state index contributed by atoms with van der Waals surface area (Å²) in [6.07, 6.45) is 8.17. The number of carbonyl (C=O) groups is 2. The van der Waals surface area contributed by atoms with Crippen LogP contribution in [0.15, 0.2) is 0 Å². The molecule has 0 unspecified atom stereocenters. The van der Waals surface area contributed by atoms with Crippen LogP contribution in [0, 0.1) is 28.6 Å². The van der Waals surface area contributed by atoms with Gasteiger partial charge in [0.25, 0.3) is 0 Å². The Hall–Kier alpha value is -0.900. The van der Waals surface area contributed by atoms with E-state index in [0.717, 1.165) is 44.9 Å². The van der Waals surface area contributed by atoms with Gasteiger partial charge in [-0.1, -0.05) is 13.8 Å². The second-order valence-corrected chi connectivity index (χ2v) is 9.69. The summed E-state index contributed by atoms with van der Waals surface area (Å²) in [4.78, 5) is 24.1. The van der Waals surface area contributed by atoms with E-state index in [9.17, 15) is 14.7 Å². The molecule has 4 aliphatic carbocycles. The highest BCUT2D eigenvalue weighted by atomic mass is 16.5. The van der Waals surface area contributed by atoms with Crippen LogP contribution in [0.3, 0.4) is 0 Å². The van der Waals surface area contributed by atoms with E-state index in [-0.39, 0.29) is 28.7 Å². The van der Waals surface area contributed by atoms with Crippen LogP contribution >= 0.6 is 0 Å². The summed E-state index contributed by atoms with van der Waals surface area (Å²) in [5.74, 6) is 1.43. The predicted molar refractivity (Wildman–Crippen MR) is 93.7 cm³/mol. The molecule has 1 N–H and O–H groups in total. The molecule has 4 rings (SSSR count).